The molecule has 5 heterocycles. The monoisotopic (exact) mass is 760 g/mol. The van der Waals surface area contributed by atoms with Crippen LogP contribution in [-0.2, 0) is 20.9 Å². The fourth-order valence-electron chi connectivity index (χ4n) is 6.72. The Morgan fingerprint density at radius 1 is 0.778 bits per heavy atom. The number of carbonyl (C=O) groups excluding carboxylic acids is 2. The number of aromatic nitrogens is 6. The zero-order valence-corrected chi connectivity index (χ0v) is 34.0. The van der Waals surface area contributed by atoms with E-state index in [4.69, 9.17) is 19.2 Å². The number of imidazole rings is 2. The number of amides is 2. The first kappa shape index (κ1) is 39.3. The van der Waals surface area contributed by atoms with E-state index < -0.39 is 21.2 Å². The molecule has 0 spiro atoms. The van der Waals surface area contributed by atoms with Gasteiger partial charge in [0, 0.05) is 24.4 Å². The summed E-state index contributed by atoms with van der Waals surface area (Å²) in [6.07, 6.45) is 13.2. The lowest BCUT2D eigenvalue weighted by Crippen LogP contribution is -2.37. The van der Waals surface area contributed by atoms with Crippen LogP contribution in [0, 0.1) is 0 Å². The van der Waals surface area contributed by atoms with Gasteiger partial charge in [-0.05, 0) is 104 Å². The molecule has 2 aliphatic heterocycles. The van der Waals surface area contributed by atoms with E-state index in [1.54, 1.807) is 16.0 Å². The number of rotatable bonds is 10. The van der Waals surface area contributed by atoms with Crippen molar-refractivity contribution in [2.75, 3.05) is 44.2 Å². The number of hydrogen-bond donors (Lipinski definition) is 1. The Kier molecular flexibility index (Phi) is 11.4. The predicted molar refractivity (Wildman–Crippen MR) is 212 cm³/mol. The summed E-state index contributed by atoms with van der Waals surface area (Å²) in [5, 5.41) is 9.25. The maximum absolute atomic E-state index is 13.2. The average molecular weight is 761 g/mol. The highest BCUT2D eigenvalue weighted by atomic mass is 32.3. The molecule has 14 heteroatoms. The number of aromatic amines is 1. The van der Waals surface area contributed by atoms with E-state index >= 15 is 0 Å². The smallest absolute Gasteiger partial charge is 0.410 e. The minimum absolute atomic E-state index is 0.146. The van der Waals surface area contributed by atoms with E-state index in [1.807, 2.05) is 88.7 Å². The summed E-state index contributed by atoms with van der Waals surface area (Å²) < 4.78 is 19.7. The van der Waals surface area contributed by atoms with Crippen molar-refractivity contribution in [2.24, 2.45) is 0 Å². The van der Waals surface area contributed by atoms with Crippen molar-refractivity contribution >= 4 is 22.2 Å². The standard InChI is InChI=1S/C40H56N8O5S/c1-39(2,3)52-37(49)46-20-10-12-32(46)35-41-24-31(43-35)28-16-14-27(15-17-28)29-18-19-30(45-44-29)34-25-42-36(48(34)26-51-22-23-54(7,8)9)33-13-11-21-47(33)38(50)53-40(4,5)6/h14-19,24-25,32-33H,10-13,20-23,26H2,1-9H3,(H,41,43)/t32-,33-/m0/s1. The van der Waals surface area contributed by atoms with Crippen LogP contribution >= 0.6 is 10.0 Å². The summed E-state index contributed by atoms with van der Waals surface area (Å²) in [7, 11) is -0.717. The van der Waals surface area contributed by atoms with E-state index in [2.05, 4.69) is 38.9 Å². The Labute approximate surface area is 320 Å². The molecule has 2 aliphatic rings. The fourth-order valence-corrected chi connectivity index (χ4v) is 7.34. The SMILES string of the molecule is CC(C)(C)OC(=O)N1CCC[C@H]1c1ncc(-c2ccc(-c3ccc(-c4cnc([C@@H]5CCCN5C(=O)OC(C)(C)C)n4COCCS(C)(C)C)nn3)cc2)[nH]1. The van der Waals surface area contributed by atoms with Gasteiger partial charge < -0.3 is 23.8 Å². The van der Waals surface area contributed by atoms with E-state index in [1.165, 1.54) is 0 Å². The van der Waals surface area contributed by atoms with Crippen molar-refractivity contribution in [3.8, 4) is 33.9 Å². The molecule has 2 saturated heterocycles. The van der Waals surface area contributed by atoms with Crippen LogP contribution in [0.15, 0.2) is 48.8 Å². The first-order chi connectivity index (χ1) is 25.5. The summed E-state index contributed by atoms with van der Waals surface area (Å²) in [4.78, 5) is 42.5. The number of benzene rings is 1. The number of H-pyrrole nitrogens is 1. The maximum Gasteiger partial charge on any atom is 0.410 e. The summed E-state index contributed by atoms with van der Waals surface area (Å²) in [6.45, 7) is 13.4. The maximum atomic E-state index is 13.2. The molecular weight excluding hydrogens is 705 g/mol. The molecule has 0 bridgehead atoms. The molecule has 6 rings (SSSR count). The average Bonchev–Trinajstić information content (AvgIpc) is 3.91. The van der Waals surface area contributed by atoms with E-state index in [0.29, 0.717) is 32.1 Å². The molecule has 2 fully saturated rings. The molecule has 54 heavy (non-hydrogen) atoms. The van der Waals surface area contributed by atoms with Crippen LogP contribution in [-0.4, -0.2) is 107 Å². The van der Waals surface area contributed by atoms with Gasteiger partial charge in [-0.25, -0.2) is 29.6 Å². The summed E-state index contributed by atoms with van der Waals surface area (Å²) >= 11 is 0. The normalized spacial score (nSPS) is 18.3. The van der Waals surface area contributed by atoms with Gasteiger partial charge in [0.15, 0.2) is 0 Å². The molecule has 2 amide bonds. The highest BCUT2D eigenvalue weighted by molar-refractivity contribution is 8.32. The molecule has 0 aliphatic carbocycles. The third-order valence-corrected chi connectivity index (χ3v) is 10.7. The zero-order valence-electron chi connectivity index (χ0n) is 33.2. The van der Waals surface area contributed by atoms with Crippen LogP contribution in [0.25, 0.3) is 33.9 Å². The van der Waals surface area contributed by atoms with Gasteiger partial charge in [-0.1, -0.05) is 24.3 Å². The highest BCUT2D eigenvalue weighted by Gasteiger charge is 2.37. The first-order valence-corrected chi connectivity index (χ1v) is 21.8. The third kappa shape index (κ3) is 9.62. The highest BCUT2D eigenvalue weighted by Crippen LogP contribution is 2.37. The van der Waals surface area contributed by atoms with Crippen molar-refractivity contribution < 1.29 is 23.8 Å². The molecule has 292 valence electrons. The Morgan fingerprint density at radius 3 is 1.94 bits per heavy atom. The van der Waals surface area contributed by atoms with Crippen LogP contribution < -0.4 is 0 Å². The molecule has 1 aromatic carbocycles. The second-order valence-electron chi connectivity index (χ2n) is 17.0. The van der Waals surface area contributed by atoms with Crippen LogP contribution in [0.3, 0.4) is 0 Å². The van der Waals surface area contributed by atoms with E-state index in [9.17, 15) is 9.59 Å². The minimum Gasteiger partial charge on any atom is -0.444 e. The van der Waals surface area contributed by atoms with Crippen LogP contribution in [0.4, 0.5) is 9.59 Å². The van der Waals surface area contributed by atoms with E-state index in [0.717, 1.165) is 71.3 Å². The van der Waals surface area contributed by atoms with Crippen molar-refractivity contribution in [3.63, 3.8) is 0 Å². The van der Waals surface area contributed by atoms with Crippen molar-refractivity contribution in [3.05, 3.63) is 60.4 Å². The Morgan fingerprint density at radius 2 is 1.35 bits per heavy atom. The van der Waals surface area contributed by atoms with Crippen LogP contribution in [0.5, 0.6) is 0 Å². The van der Waals surface area contributed by atoms with Gasteiger partial charge in [-0.15, -0.1) is 10.2 Å². The van der Waals surface area contributed by atoms with Crippen LogP contribution in [0.1, 0.15) is 91.0 Å². The number of nitrogens with one attached hydrogen (secondary N) is 1. The predicted octanol–water partition coefficient (Wildman–Crippen LogP) is 8.21. The van der Waals surface area contributed by atoms with Gasteiger partial charge in [-0.3, -0.25) is 9.80 Å². The first-order valence-electron chi connectivity index (χ1n) is 18.7. The largest absolute Gasteiger partial charge is 0.444 e. The second kappa shape index (κ2) is 15.7. The quantitative estimate of drug-likeness (QED) is 0.158. The zero-order chi connectivity index (χ0) is 38.8. The summed E-state index contributed by atoms with van der Waals surface area (Å²) in [6, 6.07) is 11.6. The molecular formula is C40H56N8O5S. The number of nitrogens with zero attached hydrogens (tertiary/aromatic N) is 7. The number of hydrogen-bond acceptors (Lipinski definition) is 9. The number of ether oxygens (including phenoxy) is 3. The Hall–Kier alpha value is -4.43. The van der Waals surface area contributed by atoms with Gasteiger partial charge in [-0.2, -0.15) is 0 Å². The molecule has 0 radical (unpaired) electrons. The minimum atomic E-state index is -0.717. The Bertz CT molecular complexity index is 1900. The van der Waals surface area contributed by atoms with Gasteiger partial charge in [0.1, 0.15) is 35.3 Å². The van der Waals surface area contributed by atoms with E-state index in [-0.39, 0.29) is 24.3 Å². The summed E-state index contributed by atoms with van der Waals surface area (Å²) in [5.74, 6) is 2.50. The summed E-state index contributed by atoms with van der Waals surface area (Å²) in [5.41, 5.74) is 3.80. The van der Waals surface area contributed by atoms with Crippen molar-refractivity contribution in [1.29, 1.82) is 0 Å². The molecule has 1 N–H and O–H groups in total. The molecule has 3 aromatic heterocycles. The van der Waals surface area contributed by atoms with Gasteiger partial charge in [0.2, 0.25) is 0 Å². The fraction of sp³-hybridized carbons (Fsp3) is 0.550. The molecule has 13 nitrogen and oxygen atoms in total. The number of carbonyl (C=O) groups is 2. The Balaban J connectivity index is 1.18. The molecule has 0 unspecified atom stereocenters. The number of likely N-dealkylation sites (tertiary alicyclic amines) is 2. The lowest BCUT2D eigenvalue weighted by atomic mass is 10.1. The molecule has 0 saturated carbocycles. The second-order valence-corrected chi connectivity index (χ2v) is 21.6. The molecule has 2 atom stereocenters. The van der Waals surface area contributed by atoms with Crippen molar-refractivity contribution in [1.82, 2.24) is 39.5 Å². The van der Waals surface area contributed by atoms with Gasteiger partial charge >= 0.3 is 12.2 Å². The lowest BCUT2D eigenvalue weighted by molar-refractivity contribution is 0.0199. The van der Waals surface area contributed by atoms with Crippen LogP contribution in [0.2, 0.25) is 0 Å². The van der Waals surface area contributed by atoms with Gasteiger partial charge in [0.05, 0.1) is 48.2 Å². The molecule has 4 aromatic rings. The van der Waals surface area contributed by atoms with Crippen molar-refractivity contribution in [2.45, 2.75) is 97.2 Å². The lowest BCUT2D eigenvalue weighted by Gasteiger charge is -2.29. The third-order valence-electron chi connectivity index (χ3n) is 9.34. The van der Waals surface area contributed by atoms with Gasteiger partial charge in [0.25, 0.3) is 0 Å². The topological polar surface area (TPSA) is 141 Å².